The van der Waals surface area contributed by atoms with E-state index in [1.807, 2.05) is 18.2 Å². The minimum atomic E-state index is -0.812. The number of benzene rings is 1. The van der Waals surface area contributed by atoms with Gasteiger partial charge in [0, 0.05) is 31.7 Å². The highest BCUT2D eigenvalue weighted by molar-refractivity contribution is 5.77. The van der Waals surface area contributed by atoms with E-state index in [1.54, 1.807) is 4.90 Å². The summed E-state index contributed by atoms with van der Waals surface area (Å²) in [5.41, 5.74) is 1.28. The Morgan fingerprint density at radius 3 is 2.60 bits per heavy atom. The number of nitrogens with zero attached hydrogens (tertiary/aromatic N) is 2. The zero-order valence-electron chi connectivity index (χ0n) is 14.8. The van der Waals surface area contributed by atoms with Crippen molar-refractivity contribution in [1.29, 1.82) is 0 Å². The molecule has 2 fully saturated rings. The maximum Gasteiger partial charge on any atom is 0.317 e. The smallest absolute Gasteiger partial charge is 0.317 e. The number of urea groups is 1. The summed E-state index contributed by atoms with van der Waals surface area (Å²) in [5.74, 6) is -1.24. The largest absolute Gasteiger partial charge is 0.481 e. The molecule has 1 saturated carbocycles. The molecule has 0 radical (unpaired) electrons. The van der Waals surface area contributed by atoms with E-state index in [4.69, 9.17) is 5.11 Å². The maximum atomic E-state index is 12.4. The summed E-state index contributed by atoms with van der Waals surface area (Å²) < 4.78 is 0. The molecule has 0 spiro atoms. The monoisotopic (exact) mass is 345 g/mol. The molecular weight excluding hydrogens is 318 g/mol. The van der Waals surface area contributed by atoms with E-state index in [-0.39, 0.29) is 11.6 Å². The van der Waals surface area contributed by atoms with Crippen molar-refractivity contribution in [2.45, 2.75) is 37.8 Å². The van der Waals surface area contributed by atoms with Crippen LogP contribution in [0.5, 0.6) is 0 Å². The van der Waals surface area contributed by atoms with Crippen molar-refractivity contribution < 1.29 is 14.7 Å². The lowest BCUT2D eigenvalue weighted by atomic mass is 9.75. The highest BCUT2D eigenvalue weighted by Gasteiger charge is 2.41. The van der Waals surface area contributed by atoms with Gasteiger partial charge in [0.1, 0.15) is 0 Å². The van der Waals surface area contributed by atoms with Crippen LogP contribution in [0.25, 0.3) is 0 Å². The fraction of sp³-hybridized carbons (Fsp3) is 0.579. The van der Waals surface area contributed by atoms with Crippen LogP contribution in [0.2, 0.25) is 0 Å². The lowest BCUT2D eigenvalue weighted by molar-refractivity contribution is -0.141. The molecule has 3 rings (SSSR count). The molecule has 25 heavy (non-hydrogen) atoms. The molecule has 1 atom stereocenters. The second-order valence-corrected chi connectivity index (χ2v) is 7.35. The first-order valence-electron chi connectivity index (χ1n) is 9.01. The molecule has 2 N–H and O–H groups in total. The van der Waals surface area contributed by atoms with Crippen LogP contribution < -0.4 is 5.32 Å². The first-order valence-corrected chi connectivity index (χ1v) is 9.01. The maximum absolute atomic E-state index is 12.4. The van der Waals surface area contributed by atoms with Crippen molar-refractivity contribution in [3.05, 3.63) is 35.9 Å². The van der Waals surface area contributed by atoms with Crippen LogP contribution in [-0.4, -0.2) is 59.1 Å². The van der Waals surface area contributed by atoms with Gasteiger partial charge < -0.3 is 15.3 Å². The second kappa shape index (κ2) is 7.44. The minimum absolute atomic E-state index is 0.0113. The first kappa shape index (κ1) is 17.7. The number of amides is 2. The van der Waals surface area contributed by atoms with E-state index < -0.39 is 11.9 Å². The van der Waals surface area contributed by atoms with Gasteiger partial charge in [0.05, 0.1) is 5.92 Å². The Morgan fingerprint density at radius 2 is 2.04 bits per heavy atom. The Morgan fingerprint density at radius 1 is 1.32 bits per heavy atom. The van der Waals surface area contributed by atoms with Gasteiger partial charge in [0.15, 0.2) is 0 Å². The van der Waals surface area contributed by atoms with Gasteiger partial charge in [-0.15, -0.1) is 0 Å². The molecule has 6 nitrogen and oxygen atoms in total. The zero-order chi connectivity index (χ0) is 17.9. The number of carboxylic acids is 1. The third-order valence-electron chi connectivity index (χ3n) is 5.75. The lowest BCUT2D eigenvalue weighted by Gasteiger charge is -2.49. The Labute approximate surface area is 148 Å². The number of carbonyl (C=O) groups excluding carboxylic acids is 1. The first-order chi connectivity index (χ1) is 12.0. The molecule has 1 aliphatic heterocycles. The highest BCUT2D eigenvalue weighted by Crippen LogP contribution is 2.37. The van der Waals surface area contributed by atoms with Gasteiger partial charge in [0.2, 0.25) is 0 Å². The Hall–Kier alpha value is -2.08. The Bertz CT molecular complexity index is 616. The lowest BCUT2D eigenvalue weighted by Crippen LogP contribution is -2.59. The van der Waals surface area contributed by atoms with Gasteiger partial charge in [-0.3, -0.25) is 9.69 Å². The standard InChI is InChI=1S/C19H27N3O3/c1-21(12-15-6-3-2-4-7-15)19(9-5-10-19)14-20-18(25)22-11-8-16(13-22)17(23)24/h2-4,6-7,16H,5,8-14H2,1H3,(H,20,25)(H,23,24). The predicted octanol–water partition coefficient (Wildman–Crippen LogP) is 2.16. The molecule has 2 aliphatic rings. The topological polar surface area (TPSA) is 72.9 Å². The van der Waals surface area contributed by atoms with E-state index in [9.17, 15) is 9.59 Å². The van der Waals surface area contributed by atoms with Gasteiger partial charge in [0.25, 0.3) is 0 Å². The third-order valence-corrected chi connectivity index (χ3v) is 5.75. The van der Waals surface area contributed by atoms with E-state index in [2.05, 4.69) is 29.4 Å². The van der Waals surface area contributed by atoms with Gasteiger partial charge in [-0.2, -0.15) is 0 Å². The van der Waals surface area contributed by atoms with E-state index in [0.29, 0.717) is 26.1 Å². The van der Waals surface area contributed by atoms with E-state index in [0.717, 1.165) is 19.4 Å². The summed E-state index contributed by atoms with van der Waals surface area (Å²) in [4.78, 5) is 27.4. The molecule has 6 heteroatoms. The number of carbonyl (C=O) groups is 2. The van der Waals surface area contributed by atoms with Crippen LogP contribution in [0.15, 0.2) is 30.3 Å². The molecule has 1 heterocycles. The van der Waals surface area contributed by atoms with Crippen molar-refractivity contribution in [2.75, 3.05) is 26.7 Å². The van der Waals surface area contributed by atoms with Crippen LogP contribution in [0.3, 0.4) is 0 Å². The number of hydrogen-bond donors (Lipinski definition) is 2. The number of nitrogens with one attached hydrogen (secondary N) is 1. The predicted molar refractivity (Wildman–Crippen MR) is 95.2 cm³/mol. The summed E-state index contributed by atoms with van der Waals surface area (Å²) in [5, 5.41) is 12.1. The summed E-state index contributed by atoms with van der Waals surface area (Å²) in [6, 6.07) is 10.2. The van der Waals surface area contributed by atoms with Crippen molar-refractivity contribution in [3.63, 3.8) is 0 Å². The van der Waals surface area contributed by atoms with Gasteiger partial charge >= 0.3 is 12.0 Å². The SMILES string of the molecule is CN(Cc1ccccc1)C1(CNC(=O)N2CCC(C(=O)O)C2)CCC1. The summed E-state index contributed by atoms with van der Waals surface area (Å²) in [6.45, 7) is 2.31. The van der Waals surface area contributed by atoms with Crippen LogP contribution in [0.4, 0.5) is 4.79 Å². The van der Waals surface area contributed by atoms with Crippen LogP contribution in [0.1, 0.15) is 31.2 Å². The number of carboxylic acid groups (broad SMARTS) is 1. The number of likely N-dealkylation sites (N-methyl/N-ethyl adjacent to an activating group) is 1. The number of rotatable bonds is 6. The minimum Gasteiger partial charge on any atom is -0.481 e. The van der Waals surface area contributed by atoms with Gasteiger partial charge in [-0.05, 0) is 38.3 Å². The zero-order valence-corrected chi connectivity index (χ0v) is 14.8. The molecule has 2 amide bonds. The molecule has 1 aromatic carbocycles. The molecule has 136 valence electrons. The van der Waals surface area contributed by atoms with Crippen molar-refractivity contribution in [3.8, 4) is 0 Å². The Kier molecular flexibility index (Phi) is 5.27. The van der Waals surface area contributed by atoms with Crippen LogP contribution in [0, 0.1) is 5.92 Å². The van der Waals surface area contributed by atoms with Crippen LogP contribution >= 0.6 is 0 Å². The second-order valence-electron chi connectivity index (χ2n) is 7.35. The van der Waals surface area contributed by atoms with Crippen molar-refractivity contribution >= 4 is 12.0 Å². The third kappa shape index (κ3) is 3.95. The van der Waals surface area contributed by atoms with E-state index in [1.165, 1.54) is 12.0 Å². The summed E-state index contributed by atoms with van der Waals surface area (Å²) in [6.07, 6.45) is 3.88. The quantitative estimate of drug-likeness (QED) is 0.829. The van der Waals surface area contributed by atoms with Crippen molar-refractivity contribution in [2.24, 2.45) is 5.92 Å². The average Bonchev–Trinajstić information content (AvgIpc) is 3.05. The average molecular weight is 345 g/mol. The molecule has 1 saturated heterocycles. The van der Waals surface area contributed by atoms with Crippen LogP contribution in [-0.2, 0) is 11.3 Å². The van der Waals surface area contributed by atoms with Gasteiger partial charge in [-0.1, -0.05) is 30.3 Å². The molecule has 1 aliphatic carbocycles. The molecule has 1 aromatic rings. The Balaban J connectivity index is 1.53. The molecule has 1 unspecified atom stereocenters. The fourth-order valence-corrected chi connectivity index (χ4v) is 3.80. The number of aliphatic carboxylic acids is 1. The number of hydrogen-bond acceptors (Lipinski definition) is 3. The summed E-state index contributed by atoms with van der Waals surface area (Å²) >= 11 is 0. The van der Waals surface area contributed by atoms with Crippen molar-refractivity contribution in [1.82, 2.24) is 15.1 Å². The molecule has 0 bridgehead atoms. The number of likely N-dealkylation sites (tertiary alicyclic amines) is 1. The molecule has 0 aromatic heterocycles. The molecular formula is C19H27N3O3. The highest BCUT2D eigenvalue weighted by atomic mass is 16.4. The van der Waals surface area contributed by atoms with Gasteiger partial charge in [-0.25, -0.2) is 4.79 Å². The van der Waals surface area contributed by atoms with E-state index >= 15 is 0 Å². The fourth-order valence-electron chi connectivity index (χ4n) is 3.80. The summed E-state index contributed by atoms with van der Waals surface area (Å²) in [7, 11) is 2.12. The normalized spacial score (nSPS) is 21.8.